The molecule has 3 nitrogen and oxygen atoms in total. The van der Waals surface area contributed by atoms with Crippen molar-refractivity contribution in [3.63, 3.8) is 0 Å². The molecule has 0 saturated heterocycles. The third-order valence-corrected chi connectivity index (χ3v) is 2.83. The van der Waals surface area contributed by atoms with Gasteiger partial charge in [-0.1, -0.05) is 0 Å². The number of anilines is 2. The van der Waals surface area contributed by atoms with Crippen molar-refractivity contribution >= 4 is 23.1 Å². The van der Waals surface area contributed by atoms with Crippen molar-refractivity contribution < 1.29 is 0 Å². The van der Waals surface area contributed by atoms with E-state index in [2.05, 4.69) is 24.6 Å². The molecule has 0 amide bonds. The van der Waals surface area contributed by atoms with Crippen molar-refractivity contribution in [1.29, 1.82) is 5.26 Å². The highest BCUT2D eigenvalue weighted by atomic mass is 32.2. The minimum Gasteiger partial charge on any atom is -0.397 e. The van der Waals surface area contributed by atoms with E-state index in [9.17, 15) is 0 Å². The lowest BCUT2D eigenvalue weighted by molar-refractivity contribution is 0.915. The maximum Gasteiger partial charge on any atom is 0.0992 e. The second-order valence-electron chi connectivity index (χ2n) is 3.41. The Morgan fingerprint density at radius 3 is 2.87 bits per heavy atom. The minimum absolute atomic E-state index is 0.371. The van der Waals surface area contributed by atoms with Crippen LogP contribution < -0.4 is 11.1 Å². The van der Waals surface area contributed by atoms with Gasteiger partial charge in [-0.3, -0.25) is 0 Å². The lowest BCUT2D eigenvalue weighted by atomic mass is 10.2. The molecule has 1 atom stereocenters. The first-order valence-electron chi connectivity index (χ1n) is 4.72. The van der Waals surface area contributed by atoms with Gasteiger partial charge in [0, 0.05) is 11.8 Å². The Morgan fingerprint density at radius 1 is 1.60 bits per heavy atom. The first kappa shape index (κ1) is 11.7. The third kappa shape index (κ3) is 3.37. The van der Waals surface area contributed by atoms with Crippen molar-refractivity contribution in [1.82, 2.24) is 0 Å². The van der Waals surface area contributed by atoms with Gasteiger partial charge in [-0.15, -0.1) is 0 Å². The van der Waals surface area contributed by atoms with Crippen LogP contribution in [0.5, 0.6) is 0 Å². The predicted molar refractivity (Wildman–Crippen MR) is 67.0 cm³/mol. The molecule has 0 aromatic heterocycles. The second-order valence-corrected chi connectivity index (χ2v) is 4.33. The largest absolute Gasteiger partial charge is 0.397 e. The van der Waals surface area contributed by atoms with Gasteiger partial charge in [-0.05, 0) is 31.4 Å². The standard InChI is InChI=1S/C11H15N3S/c1-8(7-15-2)14-11-4-3-9(6-12)5-10(11)13/h3-5,8,14H,7,13H2,1-2H3. The van der Waals surface area contributed by atoms with Gasteiger partial charge in [0.15, 0.2) is 0 Å². The van der Waals surface area contributed by atoms with E-state index in [1.165, 1.54) is 0 Å². The third-order valence-electron chi connectivity index (χ3n) is 2.00. The maximum atomic E-state index is 8.69. The highest BCUT2D eigenvalue weighted by Gasteiger charge is 2.04. The van der Waals surface area contributed by atoms with E-state index in [0.717, 1.165) is 11.4 Å². The van der Waals surface area contributed by atoms with Crippen LogP contribution in [0.1, 0.15) is 12.5 Å². The molecule has 1 rings (SSSR count). The molecular weight excluding hydrogens is 206 g/mol. The molecule has 0 heterocycles. The summed E-state index contributed by atoms with van der Waals surface area (Å²) >= 11 is 1.79. The molecule has 0 fully saturated rings. The van der Waals surface area contributed by atoms with Crippen molar-refractivity contribution in [3.8, 4) is 6.07 Å². The van der Waals surface area contributed by atoms with Gasteiger partial charge in [0.25, 0.3) is 0 Å². The number of nitrogens with zero attached hydrogens (tertiary/aromatic N) is 1. The van der Waals surface area contributed by atoms with Gasteiger partial charge in [0.1, 0.15) is 0 Å². The molecule has 1 aromatic rings. The Labute approximate surface area is 94.7 Å². The highest BCUT2D eigenvalue weighted by Crippen LogP contribution is 2.20. The molecule has 0 aliphatic carbocycles. The van der Waals surface area contributed by atoms with Crippen LogP contribution in [0.4, 0.5) is 11.4 Å². The number of nitriles is 1. The number of thioether (sulfide) groups is 1. The lowest BCUT2D eigenvalue weighted by Gasteiger charge is -2.15. The number of nitrogens with one attached hydrogen (secondary N) is 1. The van der Waals surface area contributed by atoms with Crippen LogP contribution in [-0.4, -0.2) is 18.1 Å². The van der Waals surface area contributed by atoms with Crippen LogP contribution in [0.2, 0.25) is 0 Å². The summed E-state index contributed by atoms with van der Waals surface area (Å²) in [7, 11) is 0. The average molecular weight is 221 g/mol. The van der Waals surface area contributed by atoms with Crippen molar-refractivity contribution in [2.75, 3.05) is 23.1 Å². The van der Waals surface area contributed by atoms with Crippen molar-refractivity contribution in [2.45, 2.75) is 13.0 Å². The number of benzene rings is 1. The summed E-state index contributed by atoms with van der Waals surface area (Å²) < 4.78 is 0. The topological polar surface area (TPSA) is 61.8 Å². The number of hydrogen-bond acceptors (Lipinski definition) is 4. The summed E-state index contributed by atoms with van der Waals surface area (Å²) in [4.78, 5) is 0. The van der Waals surface area contributed by atoms with Crippen LogP contribution >= 0.6 is 11.8 Å². The summed E-state index contributed by atoms with van der Waals surface area (Å²) in [5.41, 5.74) is 7.94. The molecule has 1 aromatic carbocycles. The molecule has 4 heteroatoms. The number of nitrogens with two attached hydrogens (primary N) is 1. The van der Waals surface area contributed by atoms with Crippen molar-refractivity contribution in [2.24, 2.45) is 0 Å². The molecule has 0 radical (unpaired) electrons. The first-order valence-corrected chi connectivity index (χ1v) is 6.12. The SMILES string of the molecule is CSCC(C)Nc1ccc(C#N)cc1N. The molecule has 0 spiro atoms. The number of rotatable bonds is 4. The lowest BCUT2D eigenvalue weighted by Crippen LogP contribution is -2.18. The van der Waals surface area contributed by atoms with E-state index in [0.29, 0.717) is 17.3 Å². The van der Waals surface area contributed by atoms with Crippen LogP contribution in [-0.2, 0) is 0 Å². The van der Waals surface area contributed by atoms with E-state index >= 15 is 0 Å². The van der Waals surface area contributed by atoms with Gasteiger partial charge in [-0.2, -0.15) is 17.0 Å². The van der Waals surface area contributed by atoms with E-state index in [4.69, 9.17) is 11.0 Å². The van der Waals surface area contributed by atoms with Gasteiger partial charge in [-0.25, -0.2) is 0 Å². The van der Waals surface area contributed by atoms with E-state index < -0.39 is 0 Å². The normalized spacial score (nSPS) is 11.8. The monoisotopic (exact) mass is 221 g/mol. The first-order chi connectivity index (χ1) is 7.17. The fraction of sp³-hybridized carbons (Fsp3) is 0.364. The average Bonchev–Trinajstić information content (AvgIpc) is 2.21. The number of nitrogen functional groups attached to an aromatic ring is 1. The summed E-state index contributed by atoms with van der Waals surface area (Å²) in [5.74, 6) is 1.03. The summed E-state index contributed by atoms with van der Waals surface area (Å²) in [6.45, 7) is 2.11. The van der Waals surface area contributed by atoms with Crippen LogP contribution in [0.25, 0.3) is 0 Å². The van der Waals surface area contributed by atoms with E-state index in [1.54, 1.807) is 23.9 Å². The zero-order valence-electron chi connectivity index (χ0n) is 8.95. The van der Waals surface area contributed by atoms with Gasteiger partial charge >= 0.3 is 0 Å². The second kappa shape index (κ2) is 5.52. The Hall–Kier alpha value is -1.34. The molecule has 3 N–H and O–H groups in total. The molecule has 1 unspecified atom stereocenters. The van der Waals surface area contributed by atoms with E-state index in [1.807, 2.05) is 6.07 Å². The minimum atomic E-state index is 0.371. The maximum absolute atomic E-state index is 8.69. The van der Waals surface area contributed by atoms with E-state index in [-0.39, 0.29) is 0 Å². The quantitative estimate of drug-likeness (QED) is 0.766. The Kier molecular flexibility index (Phi) is 4.32. The molecule has 0 aliphatic heterocycles. The molecule has 80 valence electrons. The number of hydrogen-bond donors (Lipinski definition) is 2. The Balaban J connectivity index is 2.74. The molecular formula is C11H15N3S. The van der Waals surface area contributed by atoms with Crippen LogP contribution in [0.3, 0.4) is 0 Å². The highest BCUT2D eigenvalue weighted by molar-refractivity contribution is 7.98. The zero-order chi connectivity index (χ0) is 11.3. The molecule has 0 saturated carbocycles. The fourth-order valence-electron chi connectivity index (χ4n) is 1.32. The zero-order valence-corrected chi connectivity index (χ0v) is 9.77. The molecule has 15 heavy (non-hydrogen) atoms. The van der Waals surface area contributed by atoms with Crippen LogP contribution in [0, 0.1) is 11.3 Å². The summed E-state index contributed by atoms with van der Waals surface area (Å²) in [6, 6.07) is 7.74. The smallest absolute Gasteiger partial charge is 0.0992 e. The molecule has 0 bridgehead atoms. The fourth-order valence-corrected chi connectivity index (χ4v) is 1.90. The van der Waals surface area contributed by atoms with Gasteiger partial charge < -0.3 is 11.1 Å². The Morgan fingerprint density at radius 2 is 2.33 bits per heavy atom. The van der Waals surface area contributed by atoms with Gasteiger partial charge in [0.05, 0.1) is 23.0 Å². The summed E-state index contributed by atoms with van der Waals surface area (Å²) in [5, 5.41) is 12.0. The predicted octanol–water partition coefficient (Wildman–Crippen LogP) is 2.30. The van der Waals surface area contributed by atoms with Crippen molar-refractivity contribution in [3.05, 3.63) is 23.8 Å². The van der Waals surface area contributed by atoms with Crippen LogP contribution in [0.15, 0.2) is 18.2 Å². The Bertz CT molecular complexity index is 371. The summed E-state index contributed by atoms with van der Waals surface area (Å²) in [6.07, 6.45) is 2.07. The molecule has 0 aliphatic rings. The van der Waals surface area contributed by atoms with Gasteiger partial charge in [0.2, 0.25) is 0 Å².